The minimum Gasteiger partial charge on any atom is -0.311 e. The summed E-state index contributed by atoms with van der Waals surface area (Å²) in [6, 6.07) is 3.38. The first-order valence-corrected chi connectivity index (χ1v) is 6.30. The van der Waals surface area contributed by atoms with E-state index in [9.17, 15) is 8.78 Å². The number of nitrogens with one attached hydrogen (secondary N) is 1. The van der Waals surface area contributed by atoms with Gasteiger partial charge in [0.25, 0.3) is 0 Å². The molecule has 0 aliphatic heterocycles. The van der Waals surface area contributed by atoms with E-state index >= 15 is 0 Å². The summed E-state index contributed by atoms with van der Waals surface area (Å²) in [7, 11) is 0. The van der Waals surface area contributed by atoms with Crippen LogP contribution < -0.4 is 5.32 Å². The molecule has 1 heterocycles. The van der Waals surface area contributed by atoms with Crippen molar-refractivity contribution in [1.82, 2.24) is 20.3 Å². The zero-order valence-corrected chi connectivity index (χ0v) is 10.3. The van der Waals surface area contributed by atoms with Crippen molar-refractivity contribution in [2.24, 2.45) is 5.92 Å². The minimum absolute atomic E-state index is 0.197. The Bertz CT molecular complexity index is 578. The van der Waals surface area contributed by atoms with E-state index in [1.54, 1.807) is 6.20 Å². The SMILES string of the molecule is Fc1ccc(-n2cc(CNCC3CC3)nn2)c(F)c1. The third-order valence-corrected chi connectivity index (χ3v) is 3.13. The van der Waals surface area contributed by atoms with Crippen LogP contribution in [0.15, 0.2) is 24.4 Å². The summed E-state index contributed by atoms with van der Waals surface area (Å²) in [5.41, 5.74) is 0.937. The summed E-state index contributed by atoms with van der Waals surface area (Å²) >= 11 is 0. The third-order valence-electron chi connectivity index (χ3n) is 3.13. The average molecular weight is 264 g/mol. The Hall–Kier alpha value is -1.82. The zero-order chi connectivity index (χ0) is 13.2. The van der Waals surface area contributed by atoms with Gasteiger partial charge in [-0.15, -0.1) is 5.10 Å². The van der Waals surface area contributed by atoms with Crippen LogP contribution in [-0.4, -0.2) is 21.5 Å². The van der Waals surface area contributed by atoms with Crippen LogP contribution >= 0.6 is 0 Å². The molecular formula is C13H14F2N4. The summed E-state index contributed by atoms with van der Waals surface area (Å²) in [5, 5.41) is 11.1. The fourth-order valence-corrected chi connectivity index (χ4v) is 1.89. The molecule has 0 radical (unpaired) electrons. The first-order valence-electron chi connectivity index (χ1n) is 6.30. The number of hydrogen-bond donors (Lipinski definition) is 1. The van der Waals surface area contributed by atoms with Gasteiger partial charge in [0, 0.05) is 12.6 Å². The van der Waals surface area contributed by atoms with Gasteiger partial charge < -0.3 is 5.32 Å². The smallest absolute Gasteiger partial charge is 0.151 e. The van der Waals surface area contributed by atoms with E-state index in [2.05, 4.69) is 15.6 Å². The van der Waals surface area contributed by atoms with Gasteiger partial charge in [-0.2, -0.15) is 0 Å². The molecule has 1 aromatic heterocycles. The number of aromatic nitrogens is 3. The Kier molecular flexibility index (Phi) is 3.25. The topological polar surface area (TPSA) is 42.7 Å². The van der Waals surface area contributed by atoms with Crippen LogP contribution in [-0.2, 0) is 6.54 Å². The van der Waals surface area contributed by atoms with Gasteiger partial charge >= 0.3 is 0 Å². The summed E-state index contributed by atoms with van der Waals surface area (Å²) in [5.74, 6) is -0.459. The molecule has 1 aliphatic carbocycles. The highest BCUT2D eigenvalue weighted by Gasteiger charge is 2.20. The normalized spacial score (nSPS) is 14.8. The van der Waals surface area contributed by atoms with Gasteiger partial charge in [0.1, 0.15) is 11.5 Å². The van der Waals surface area contributed by atoms with Crippen LogP contribution in [0, 0.1) is 17.6 Å². The standard InChI is InChI=1S/C13H14F2N4/c14-10-3-4-13(12(15)5-10)19-8-11(17-18-19)7-16-6-9-1-2-9/h3-5,8-9,16H,1-2,6-7H2. The highest BCUT2D eigenvalue weighted by molar-refractivity contribution is 5.32. The van der Waals surface area contributed by atoms with Crippen molar-refractivity contribution in [3.8, 4) is 5.69 Å². The van der Waals surface area contributed by atoms with E-state index < -0.39 is 11.6 Å². The van der Waals surface area contributed by atoms with Crippen LogP contribution in [0.4, 0.5) is 8.78 Å². The zero-order valence-electron chi connectivity index (χ0n) is 10.3. The van der Waals surface area contributed by atoms with E-state index in [1.807, 2.05) is 0 Å². The number of hydrogen-bond acceptors (Lipinski definition) is 3. The highest BCUT2D eigenvalue weighted by Crippen LogP contribution is 2.27. The Morgan fingerprint density at radius 3 is 2.89 bits per heavy atom. The molecule has 0 amide bonds. The van der Waals surface area contributed by atoms with Crippen LogP contribution in [0.1, 0.15) is 18.5 Å². The Morgan fingerprint density at radius 2 is 2.16 bits per heavy atom. The van der Waals surface area contributed by atoms with Gasteiger partial charge in [-0.25, -0.2) is 13.5 Å². The minimum atomic E-state index is -0.651. The summed E-state index contributed by atoms with van der Waals surface area (Å²) in [6.45, 7) is 1.59. The van der Waals surface area contributed by atoms with Gasteiger partial charge in [0.15, 0.2) is 5.82 Å². The second kappa shape index (κ2) is 5.05. The summed E-state index contributed by atoms with van der Waals surface area (Å²) < 4.78 is 27.7. The molecule has 1 N–H and O–H groups in total. The predicted molar refractivity (Wildman–Crippen MR) is 65.7 cm³/mol. The summed E-state index contributed by atoms with van der Waals surface area (Å²) in [4.78, 5) is 0. The predicted octanol–water partition coefficient (Wildman–Crippen LogP) is 2.05. The van der Waals surface area contributed by atoms with Crippen LogP contribution in [0.2, 0.25) is 0 Å². The Labute approximate surface area is 109 Å². The van der Waals surface area contributed by atoms with Gasteiger partial charge in [-0.05, 0) is 37.4 Å². The molecule has 0 bridgehead atoms. The first kappa shape index (κ1) is 12.2. The van der Waals surface area contributed by atoms with E-state index in [1.165, 1.54) is 29.7 Å². The molecule has 1 saturated carbocycles. The second-order valence-electron chi connectivity index (χ2n) is 4.82. The number of halogens is 2. The fraction of sp³-hybridized carbons (Fsp3) is 0.385. The quantitative estimate of drug-likeness (QED) is 0.898. The molecule has 1 fully saturated rings. The lowest BCUT2D eigenvalue weighted by Gasteiger charge is -2.01. The van der Waals surface area contributed by atoms with Crippen LogP contribution in [0.3, 0.4) is 0 Å². The molecule has 6 heteroatoms. The first-order chi connectivity index (χ1) is 9.22. The Balaban J connectivity index is 1.68. The van der Waals surface area contributed by atoms with Crippen molar-refractivity contribution >= 4 is 0 Å². The van der Waals surface area contributed by atoms with Crippen molar-refractivity contribution in [2.45, 2.75) is 19.4 Å². The van der Waals surface area contributed by atoms with Gasteiger partial charge in [0.2, 0.25) is 0 Å². The number of nitrogens with zero attached hydrogens (tertiary/aromatic N) is 3. The molecule has 0 saturated heterocycles. The van der Waals surface area contributed by atoms with Gasteiger partial charge in [-0.1, -0.05) is 5.21 Å². The molecule has 1 aromatic carbocycles. The molecule has 19 heavy (non-hydrogen) atoms. The van der Waals surface area contributed by atoms with Crippen molar-refractivity contribution in [3.63, 3.8) is 0 Å². The van der Waals surface area contributed by atoms with Crippen LogP contribution in [0.5, 0.6) is 0 Å². The highest BCUT2D eigenvalue weighted by atomic mass is 19.1. The maximum absolute atomic E-state index is 13.6. The molecule has 4 nitrogen and oxygen atoms in total. The number of rotatable bonds is 5. The van der Waals surface area contributed by atoms with Gasteiger partial charge in [-0.3, -0.25) is 0 Å². The van der Waals surface area contributed by atoms with Gasteiger partial charge in [0.05, 0.1) is 11.9 Å². The Morgan fingerprint density at radius 1 is 1.32 bits per heavy atom. The second-order valence-corrected chi connectivity index (χ2v) is 4.82. The van der Waals surface area contributed by atoms with Crippen LogP contribution in [0.25, 0.3) is 5.69 Å². The van der Waals surface area contributed by atoms with Crippen molar-refractivity contribution in [2.75, 3.05) is 6.54 Å². The van der Waals surface area contributed by atoms with Crippen molar-refractivity contribution in [1.29, 1.82) is 0 Å². The van der Waals surface area contributed by atoms with E-state index in [4.69, 9.17) is 0 Å². The molecule has 0 unspecified atom stereocenters. The van der Waals surface area contributed by atoms with E-state index in [0.717, 1.165) is 24.2 Å². The monoisotopic (exact) mass is 264 g/mol. The van der Waals surface area contributed by atoms with E-state index in [-0.39, 0.29) is 5.69 Å². The largest absolute Gasteiger partial charge is 0.311 e. The van der Waals surface area contributed by atoms with E-state index in [0.29, 0.717) is 6.54 Å². The molecular weight excluding hydrogens is 250 g/mol. The van der Waals surface area contributed by atoms with Crippen molar-refractivity contribution < 1.29 is 8.78 Å². The lowest BCUT2D eigenvalue weighted by Crippen LogP contribution is -2.16. The third kappa shape index (κ3) is 2.96. The molecule has 0 spiro atoms. The number of benzene rings is 1. The molecule has 100 valence electrons. The molecule has 1 aliphatic rings. The van der Waals surface area contributed by atoms with Crippen molar-refractivity contribution in [3.05, 3.63) is 41.7 Å². The lowest BCUT2D eigenvalue weighted by atomic mass is 10.3. The molecule has 3 rings (SSSR count). The summed E-state index contributed by atoms with van der Waals surface area (Å²) in [6.07, 6.45) is 4.23. The maximum atomic E-state index is 13.6. The molecule has 2 aromatic rings. The average Bonchev–Trinajstić information content (AvgIpc) is 3.07. The fourth-order valence-electron chi connectivity index (χ4n) is 1.89. The lowest BCUT2D eigenvalue weighted by molar-refractivity contribution is 0.572. The maximum Gasteiger partial charge on any atom is 0.151 e. The molecule has 0 atom stereocenters.